The van der Waals surface area contributed by atoms with Crippen molar-refractivity contribution in [1.82, 2.24) is 5.32 Å². The lowest BCUT2D eigenvalue weighted by Gasteiger charge is -2.34. The van der Waals surface area contributed by atoms with Crippen molar-refractivity contribution in [2.45, 2.75) is 47.6 Å². The van der Waals surface area contributed by atoms with Crippen LogP contribution in [0.5, 0.6) is 0 Å². The van der Waals surface area contributed by atoms with Gasteiger partial charge in [0.1, 0.15) is 0 Å². The van der Waals surface area contributed by atoms with E-state index in [0.717, 1.165) is 16.5 Å². The van der Waals surface area contributed by atoms with Crippen molar-refractivity contribution in [3.05, 3.63) is 42.5 Å². The minimum atomic E-state index is -0.567. The first kappa shape index (κ1) is 19.0. The number of benzene rings is 2. The lowest BCUT2D eigenvalue weighted by atomic mass is 9.76. The number of carbonyl (C=O) groups excluding carboxylic acids is 2. The standard InChI is InChI=1S/C21H28N2O2/c1-20(2,3)17(18(24)21(4,5)6)23-19(25)22-16-13-9-11-14-10-7-8-12-15(14)16/h7-13,17H,1-6H3,(H2,22,23,25). The van der Waals surface area contributed by atoms with Gasteiger partial charge in [-0.05, 0) is 16.9 Å². The summed E-state index contributed by atoms with van der Waals surface area (Å²) in [4.78, 5) is 25.3. The van der Waals surface area contributed by atoms with Crippen LogP contribution in [-0.4, -0.2) is 17.9 Å². The van der Waals surface area contributed by atoms with Crippen LogP contribution in [0.4, 0.5) is 10.5 Å². The van der Waals surface area contributed by atoms with Crippen molar-refractivity contribution < 1.29 is 9.59 Å². The van der Waals surface area contributed by atoms with Gasteiger partial charge in [0.05, 0.1) is 11.7 Å². The Bertz CT molecular complexity index is 777. The van der Waals surface area contributed by atoms with Gasteiger partial charge in [0, 0.05) is 10.8 Å². The molecule has 1 atom stereocenters. The molecule has 0 saturated carbocycles. The molecule has 2 aromatic rings. The molecule has 0 saturated heterocycles. The number of hydrogen-bond donors (Lipinski definition) is 2. The summed E-state index contributed by atoms with van der Waals surface area (Å²) in [7, 11) is 0. The molecular weight excluding hydrogens is 312 g/mol. The van der Waals surface area contributed by atoms with Crippen LogP contribution in [0.2, 0.25) is 0 Å². The zero-order valence-electron chi connectivity index (χ0n) is 15.9. The monoisotopic (exact) mass is 340 g/mol. The Morgan fingerprint density at radius 1 is 0.880 bits per heavy atom. The minimum absolute atomic E-state index is 0.0214. The van der Waals surface area contributed by atoms with E-state index < -0.39 is 11.5 Å². The van der Waals surface area contributed by atoms with Crippen LogP contribution in [0.25, 0.3) is 10.8 Å². The summed E-state index contributed by atoms with van der Waals surface area (Å²) in [6.07, 6.45) is 0. The van der Waals surface area contributed by atoms with Gasteiger partial charge < -0.3 is 10.6 Å². The number of hydrogen-bond acceptors (Lipinski definition) is 2. The molecule has 0 aromatic heterocycles. The number of Topliss-reactive ketones (excluding diaryl/α,β-unsaturated/α-hetero) is 1. The van der Waals surface area contributed by atoms with Crippen LogP contribution >= 0.6 is 0 Å². The molecule has 0 aliphatic rings. The summed E-state index contributed by atoms with van der Waals surface area (Å²) < 4.78 is 0. The SMILES string of the molecule is CC(C)(C)C(=O)C(NC(=O)Nc1cccc2ccccc12)C(C)(C)C. The molecule has 0 radical (unpaired) electrons. The molecule has 4 heteroatoms. The second-order valence-corrected chi connectivity index (χ2v) is 8.54. The second-order valence-electron chi connectivity index (χ2n) is 8.54. The molecule has 134 valence electrons. The van der Waals surface area contributed by atoms with Gasteiger partial charge in [-0.15, -0.1) is 0 Å². The molecule has 0 heterocycles. The van der Waals surface area contributed by atoms with Crippen LogP contribution in [-0.2, 0) is 4.79 Å². The largest absolute Gasteiger partial charge is 0.328 e. The second kappa shape index (κ2) is 6.87. The Hall–Kier alpha value is -2.36. The van der Waals surface area contributed by atoms with E-state index in [-0.39, 0.29) is 17.2 Å². The third-order valence-electron chi connectivity index (χ3n) is 4.18. The summed E-state index contributed by atoms with van der Waals surface area (Å²) in [5.74, 6) is 0.0214. The quantitative estimate of drug-likeness (QED) is 0.827. The Morgan fingerprint density at radius 3 is 2.08 bits per heavy atom. The van der Waals surface area contributed by atoms with E-state index in [1.807, 2.05) is 84.0 Å². The first-order valence-corrected chi connectivity index (χ1v) is 8.60. The molecule has 2 aromatic carbocycles. The van der Waals surface area contributed by atoms with E-state index in [0.29, 0.717) is 0 Å². The zero-order chi connectivity index (χ0) is 18.8. The smallest absolute Gasteiger partial charge is 0.319 e. The molecule has 2 amide bonds. The topological polar surface area (TPSA) is 58.2 Å². The van der Waals surface area contributed by atoms with Crippen LogP contribution < -0.4 is 10.6 Å². The summed E-state index contributed by atoms with van der Waals surface area (Å²) in [6.45, 7) is 11.5. The number of fused-ring (bicyclic) bond motifs is 1. The number of anilines is 1. The predicted octanol–water partition coefficient (Wildman–Crippen LogP) is 4.99. The fraction of sp³-hybridized carbons (Fsp3) is 0.429. The minimum Gasteiger partial charge on any atom is -0.328 e. The van der Waals surface area contributed by atoms with E-state index in [9.17, 15) is 9.59 Å². The lowest BCUT2D eigenvalue weighted by molar-refractivity contribution is -0.130. The van der Waals surface area contributed by atoms with E-state index in [2.05, 4.69) is 10.6 Å². The number of nitrogens with one attached hydrogen (secondary N) is 2. The summed E-state index contributed by atoms with van der Waals surface area (Å²) >= 11 is 0. The van der Waals surface area contributed by atoms with Crippen molar-refractivity contribution >= 4 is 28.3 Å². The van der Waals surface area contributed by atoms with Gasteiger partial charge in [-0.3, -0.25) is 4.79 Å². The fourth-order valence-electron chi connectivity index (χ4n) is 2.73. The lowest BCUT2D eigenvalue weighted by Crippen LogP contribution is -2.53. The molecule has 4 nitrogen and oxygen atoms in total. The maximum absolute atomic E-state index is 12.8. The Morgan fingerprint density at radius 2 is 1.48 bits per heavy atom. The highest BCUT2D eigenvalue weighted by molar-refractivity contribution is 6.03. The van der Waals surface area contributed by atoms with E-state index >= 15 is 0 Å². The number of ketones is 1. The highest BCUT2D eigenvalue weighted by Gasteiger charge is 2.38. The maximum atomic E-state index is 12.8. The maximum Gasteiger partial charge on any atom is 0.319 e. The number of rotatable bonds is 3. The molecule has 2 rings (SSSR count). The molecule has 0 aliphatic heterocycles. The number of amides is 2. The van der Waals surface area contributed by atoms with Gasteiger partial charge in [0.15, 0.2) is 5.78 Å². The molecule has 1 unspecified atom stereocenters. The predicted molar refractivity (Wildman–Crippen MR) is 104 cm³/mol. The van der Waals surface area contributed by atoms with Crippen molar-refractivity contribution in [2.24, 2.45) is 10.8 Å². The average Bonchev–Trinajstić information content (AvgIpc) is 2.50. The van der Waals surface area contributed by atoms with Crippen molar-refractivity contribution in [1.29, 1.82) is 0 Å². The summed E-state index contributed by atoms with van der Waals surface area (Å²) in [5, 5.41) is 7.79. The van der Waals surface area contributed by atoms with Crippen LogP contribution in [0.15, 0.2) is 42.5 Å². The fourth-order valence-corrected chi connectivity index (χ4v) is 2.73. The zero-order valence-corrected chi connectivity index (χ0v) is 15.9. The Labute approximate surface area is 150 Å². The van der Waals surface area contributed by atoms with Gasteiger partial charge in [0.2, 0.25) is 0 Å². The molecule has 0 bridgehead atoms. The van der Waals surface area contributed by atoms with Crippen LogP contribution in [0.1, 0.15) is 41.5 Å². The van der Waals surface area contributed by atoms with Crippen molar-refractivity contribution in [3.8, 4) is 0 Å². The Kier molecular flexibility index (Phi) is 5.21. The third kappa shape index (κ3) is 4.59. The van der Waals surface area contributed by atoms with E-state index in [4.69, 9.17) is 0 Å². The van der Waals surface area contributed by atoms with Crippen molar-refractivity contribution in [3.63, 3.8) is 0 Å². The van der Waals surface area contributed by atoms with Gasteiger partial charge in [-0.1, -0.05) is 77.9 Å². The first-order valence-electron chi connectivity index (χ1n) is 8.60. The van der Waals surface area contributed by atoms with Gasteiger partial charge in [0.25, 0.3) is 0 Å². The van der Waals surface area contributed by atoms with Gasteiger partial charge >= 0.3 is 6.03 Å². The van der Waals surface area contributed by atoms with Crippen LogP contribution in [0, 0.1) is 10.8 Å². The highest BCUT2D eigenvalue weighted by atomic mass is 16.2. The molecule has 2 N–H and O–H groups in total. The number of urea groups is 1. The van der Waals surface area contributed by atoms with Gasteiger partial charge in [-0.25, -0.2) is 4.79 Å². The van der Waals surface area contributed by atoms with E-state index in [1.54, 1.807) is 0 Å². The van der Waals surface area contributed by atoms with E-state index in [1.165, 1.54) is 0 Å². The average molecular weight is 340 g/mol. The highest BCUT2D eigenvalue weighted by Crippen LogP contribution is 2.28. The summed E-state index contributed by atoms with van der Waals surface area (Å²) in [6, 6.07) is 12.7. The normalized spacial score (nSPS) is 13.4. The van der Waals surface area contributed by atoms with Crippen LogP contribution in [0.3, 0.4) is 0 Å². The molecular formula is C21H28N2O2. The molecule has 0 fully saturated rings. The van der Waals surface area contributed by atoms with Gasteiger partial charge in [-0.2, -0.15) is 0 Å². The summed E-state index contributed by atoms with van der Waals surface area (Å²) in [5.41, 5.74) is -0.169. The molecule has 25 heavy (non-hydrogen) atoms. The molecule has 0 aliphatic carbocycles. The third-order valence-corrected chi connectivity index (χ3v) is 4.18. The Balaban J connectivity index is 2.23. The molecule has 0 spiro atoms. The first-order chi connectivity index (χ1) is 11.5. The number of carbonyl (C=O) groups is 2. The van der Waals surface area contributed by atoms with Crippen molar-refractivity contribution in [2.75, 3.05) is 5.32 Å².